The molecule has 2 nitrogen and oxygen atoms in total. The Morgan fingerprint density at radius 3 is 2.27 bits per heavy atom. The van der Waals surface area contributed by atoms with Crippen LogP contribution in [-0.4, -0.2) is 35.7 Å². The van der Waals surface area contributed by atoms with Gasteiger partial charge in [-0.2, -0.15) is 0 Å². The fourth-order valence-corrected chi connectivity index (χ4v) is 2.61. The third-order valence-electron chi connectivity index (χ3n) is 3.83. The summed E-state index contributed by atoms with van der Waals surface area (Å²) in [7, 11) is 0. The van der Waals surface area contributed by atoms with E-state index in [0.717, 1.165) is 26.1 Å². The maximum atomic E-state index is 10.1. The Kier molecular flexibility index (Phi) is 6.26. The second-order valence-electron chi connectivity index (χ2n) is 4.78. The highest BCUT2D eigenvalue weighted by atomic mass is 16.3. The van der Waals surface area contributed by atoms with Gasteiger partial charge in [-0.15, -0.1) is 0 Å². The molecule has 15 heavy (non-hydrogen) atoms. The van der Waals surface area contributed by atoms with Gasteiger partial charge >= 0.3 is 0 Å². The first-order valence-corrected chi connectivity index (χ1v) is 6.68. The normalized spacial score (nSPS) is 20.8. The van der Waals surface area contributed by atoms with Gasteiger partial charge in [0.1, 0.15) is 0 Å². The fourth-order valence-electron chi connectivity index (χ4n) is 2.61. The molecule has 0 spiro atoms. The van der Waals surface area contributed by atoms with Gasteiger partial charge in [0.2, 0.25) is 0 Å². The molecule has 0 bridgehead atoms. The molecule has 1 aliphatic carbocycles. The summed E-state index contributed by atoms with van der Waals surface area (Å²) < 4.78 is 0. The summed E-state index contributed by atoms with van der Waals surface area (Å²) in [5, 5.41) is 10.1. The molecule has 1 atom stereocenters. The first kappa shape index (κ1) is 13.0. The lowest BCUT2D eigenvalue weighted by molar-refractivity contribution is 0.0671. The van der Waals surface area contributed by atoms with Crippen LogP contribution in [0.15, 0.2) is 0 Å². The highest BCUT2D eigenvalue weighted by molar-refractivity contribution is 4.74. The molecule has 1 saturated carbocycles. The molecule has 0 amide bonds. The van der Waals surface area contributed by atoms with Crippen molar-refractivity contribution in [3.05, 3.63) is 0 Å². The topological polar surface area (TPSA) is 23.5 Å². The number of aliphatic hydroxyl groups excluding tert-OH is 1. The third-order valence-corrected chi connectivity index (χ3v) is 3.83. The second kappa shape index (κ2) is 7.24. The van der Waals surface area contributed by atoms with Gasteiger partial charge in [0.05, 0.1) is 6.10 Å². The molecule has 1 unspecified atom stereocenters. The molecule has 90 valence electrons. The SMILES string of the molecule is CCN(CC)CCC(O)C1CCCCC1. The van der Waals surface area contributed by atoms with E-state index in [9.17, 15) is 5.11 Å². The third kappa shape index (κ3) is 4.52. The first-order chi connectivity index (χ1) is 7.27. The Hall–Kier alpha value is -0.0800. The zero-order chi connectivity index (χ0) is 11.1. The van der Waals surface area contributed by atoms with Gasteiger partial charge in [-0.25, -0.2) is 0 Å². The predicted molar refractivity (Wildman–Crippen MR) is 65.0 cm³/mol. The Labute approximate surface area is 94.7 Å². The summed E-state index contributed by atoms with van der Waals surface area (Å²) in [6, 6.07) is 0. The van der Waals surface area contributed by atoms with Crippen LogP contribution in [0.3, 0.4) is 0 Å². The van der Waals surface area contributed by atoms with E-state index in [1.54, 1.807) is 0 Å². The molecular formula is C13H27NO. The van der Waals surface area contributed by atoms with Crippen molar-refractivity contribution in [2.24, 2.45) is 5.92 Å². The number of hydrogen-bond acceptors (Lipinski definition) is 2. The number of aliphatic hydroxyl groups is 1. The molecular weight excluding hydrogens is 186 g/mol. The average Bonchev–Trinajstić information content (AvgIpc) is 2.31. The van der Waals surface area contributed by atoms with Crippen LogP contribution in [0.25, 0.3) is 0 Å². The number of nitrogens with zero attached hydrogens (tertiary/aromatic N) is 1. The summed E-state index contributed by atoms with van der Waals surface area (Å²) in [6.07, 6.45) is 7.44. The van der Waals surface area contributed by atoms with Crippen molar-refractivity contribution < 1.29 is 5.11 Å². The number of rotatable bonds is 6. The highest BCUT2D eigenvalue weighted by Gasteiger charge is 2.21. The van der Waals surface area contributed by atoms with Crippen LogP contribution in [0.4, 0.5) is 0 Å². The minimum Gasteiger partial charge on any atom is -0.393 e. The summed E-state index contributed by atoms with van der Waals surface area (Å²) in [6.45, 7) is 7.65. The molecule has 0 aliphatic heterocycles. The average molecular weight is 213 g/mol. The molecule has 0 aromatic heterocycles. The molecule has 0 saturated heterocycles. The van der Waals surface area contributed by atoms with Crippen LogP contribution in [0.5, 0.6) is 0 Å². The van der Waals surface area contributed by atoms with Gasteiger partial charge in [-0.3, -0.25) is 0 Å². The van der Waals surface area contributed by atoms with E-state index in [1.807, 2.05) is 0 Å². The first-order valence-electron chi connectivity index (χ1n) is 6.68. The van der Waals surface area contributed by atoms with Crippen LogP contribution < -0.4 is 0 Å². The lowest BCUT2D eigenvalue weighted by atomic mass is 9.84. The van der Waals surface area contributed by atoms with Gasteiger partial charge < -0.3 is 10.0 Å². The van der Waals surface area contributed by atoms with E-state index >= 15 is 0 Å². The summed E-state index contributed by atoms with van der Waals surface area (Å²) in [4.78, 5) is 2.39. The quantitative estimate of drug-likeness (QED) is 0.733. The van der Waals surface area contributed by atoms with Gasteiger partial charge in [0.25, 0.3) is 0 Å². The van der Waals surface area contributed by atoms with Crippen molar-refractivity contribution in [1.82, 2.24) is 4.90 Å². The van der Waals surface area contributed by atoms with Gasteiger partial charge in [0, 0.05) is 6.54 Å². The smallest absolute Gasteiger partial charge is 0.0580 e. The van der Waals surface area contributed by atoms with Crippen LogP contribution in [0.1, 0.15) is 52.4 Å². The Bertz CT molecular complexity index is 151. The molecule has 1 rings (SSSR count). The Balaban J connectivity index is 2.18. The molecule has 2 heteroatoms. The highest BCUT2D eigenvalue weighted by Crippen LogP contribution is 2.27. The van der Waals surface area contributed by atoms with Crippen molar-refractivity contribution in [2.75, 3.05) is 19.6 Å². The zero-order valence-electron chi connectivity index (χ0n) is 10.4. The molecule has 1 aliphatic rings. The molecule has 0 radical (unpaired) electrons. The van der Waals surface area contributed by atoms with Crippen LogP contribution in [0.2, 0.25) is 0 Å². The molecule has 0 aromatic carbocycles. The van der Waals surface area contributed by atoms with Crippen molar-refractivity contribution in [1.29, 1.82) is 0 Å². The minimum atomic E-state index is -0.0501. The van der Waals surface area contributed by atoms with Crippen molar-refractivity contribution in [3.63, 3.8) is 0 Å². The summed E-state index contributed by atoms with van der Waals surface area (Å²) in [5.74, 6) is 0.592. The van der Waals surface area contributed by atoms with Crippen molar-refractivity contribution >= 4 is 0 Å². The lowest BCUT2D eigenvalue weighted by Gasteiger charge is -2.28. The molecule has 1 fully saturated rings. The van der Waals surface area contributed by atoms with E-state index < -0.39 is 0 Å². The van der Waals surface area contributed by atoms with Crippen molar-refractivity contribution in [2.45, 2.75) is 58.5 Å². The van der Waals surface area contributed by atoms with E-state index in [4.69, 9.17) is 0 Å². The molecule has 0 heterocycles. The van der Waals surface area contributed by atoms with Gasteiger partial charge in [0.15, 0.2) is 0 Å². The van der Waals surface area contributed by atoms with Gasteiger partial charge in [-0.1, -0.05) is 33.1 Å². The Morgan fingerprint density at radius 1 is 1.13 bits per heavy atom. The minimum absolute atomic E-state index is 0.0501. The number of hydrogen-bond donors (Lipinski definition) is 1. The summed E-state index contributed by atoms with van der Waals surface area (Å²) in [5.41, 5.74) is 0. The van der Waals surface area contributed by atoms with Crippen LogP contribution in [0, 0.1) is 5.92 Å². The predicted octanol–water partition coefficient (Wildman–Crippen LogP) is 2.66. The van der Waals surface area contributed by atoms with Crippen LogP contribution >= 0.6 is 0 Å². The van der Waals surface area contributed by atoms with E-state index in [0.29, 0.717) is 5.92 Å². The van der Waals surface area contributed by atoms with E-state index in [1.165, 1.54) is 32.1 Å². The van der Waals surface area contributed by atoms with Gasteiger partial charge in [-0.05, 0) is 38.3 Å². The van der Waals surface area contributed by atoms with Crippen molar-refractivity contribution in [3.8, 4) is 0 Å². The molecule has 0 aromatic rings. The van der Waals surface area contributed by atoms with Crippen LogP contribution in [-0.2, 0) is 0 Å². The van der Waals surface area contributed by atoms with E-state index in [-0.39, 0.29) is 6.10 Å². The Morgan fingerprint density at radius 2 is 1.73 bits per heavy atom. The lowest BCUT2D eigenvalue weighted by Crippen LogP contribution is -2.30. The maximum absolute atomic E-state index is 10.1. The molecule has 1 N–H and O–H groups in total. The fraction of sp³-hybridized carbons (Fsp3) is 1.00. The summed E-state index contributed by atoms with van der Waals surface area (Å²) >= 11 is 0. The maximum Gasteiger partial charge on any atom is 0.0580 e. The van der Waals surface area contributed by atoms with E-state index in [2.05, 4.69) is 18.7 Å². The monoisotopic (exact) mass is 213 g/mol. The second-order valence-corrected chi connectivity index (χ2v) is 4.78. The zero-order valence-corrected chi connectivity index (χ0v) is 10.4. The largest absolute Gasteiger partial charge is 0.393 e. The standard InChI is InChI=1S/C13H27NO/c1-3-14(4-2)11-10-13(15)12-8-6-5-7-9-12/h12-13,15H,3-11H2,1-2H3.